The molecule has 8 heteroatoms. The molecule has 1 atom stereocenters. The summed E-state index contributed by atoms with van der Waals surface area (Å²) < 4.78 is 48.8. The molecule has 0 bridgehead atoms. The summed E-state index contributed by atoms with van der Waals surface area (Å²) in [6.07, 6.45) is -5.54. The summed E-state index contributed by atoms with van der Waals surface area (Å²) in [4.78, 5) is 24.1. The van der Waals surface area contributed by atoms with Gasteiger partial charge in [0.05, 0.1) is 5.56 Å². The van der Waals surface area contributed by atoms with Crippen LogP contribution in [0, 0.1) is 0 Å². The molecule has 2 aromatic rings. The van der Waals surface area contributed by atoms with Crippen LogP contribution >= 0.6 is 0 Å². The predicted molar refractivity (Wildman–Crippen MR) is 91.9 cm³/mol. The van der Waals surface area contributed by atoms with Crippen molar-refractivity contribution in [3.8, 4) is 11.3 Å². The van der Waals surface area contributed by atoms with Crippen LogP contribution in [0.2, 0.25) is 0 Å². The Hall–Kier alpha value is -2.77. The molecule has 0 radical (unpaired) electrons. The van der Waals surface area contributed by atoms with Crippen molar-refractivity contribution in [3.63, 3.8) is 0 Å². The fourth-order valence-electron chi connectivity index (χ4n) is 2.19. The topological polar surface area (TPSA) is 68.5 Å². The van der Waals surface area contributed by atoms with Crippen LogP contribution < -0.4 is 5.32 Å². The van der Waals surface area contributed by atoms with Gasteiger partial charge in [-0.2, -0.15) is 13.2 Å². The Bertz CT molecular complexity index is 834. The Morgan fingerprint density at radius 3 is 2.37 bits per heavy atom. The van der Waals surface area contributed by atoms with Crippen LogP contribution in [-0.4, -0.2) is 23.5 Å². The highest BCUT2D eigenvalue weighted by molar-refractivity contribution is 5.90. The minimum Gasteiger partial charge on any atom is -0.449 e. The molecule has 27 heavy (non-hydrogen) atoms. The molecule has 0 aliphatic carbocycles. The second-order valence-electron chi connectivity index (χ2n) is 7.03. The minimum atomic E-state index is -4.49. The van der Waals surface area contributed by atoms with Gasteiger partial charge in [-0.15, -0.1) is 0 Å². The van der Waals surface area contributed by atoms with Crippen molar-refractivity contribution in [1.82, 2.24) is 5.32 Å². The molecule has 146 valence electrons. The Labute approximate surface area is 154 Å². The lowest BCUT2D eigenvalue weighted by Crippen LogP contribution is -2.46. The molecular formula is C19H20F3NO4. The van der Waals surface area contributed by atoms with Crippen LogP contribution in [0.3, 0.4) is 0 Å². The fraction of sp³-hybridized carbons (Fsp3) is 0.368. The molecular weight excluding hydrogens is 363 g/mol. The van der Waals surface area contributed by atoms with Gasteiger partial charge in [0.15, 0.2) is 6.10 Å². The molecule has 0 saturated heterocycles. The van der Waals surface area contributed by atoms with Gasteiger partial charge < -0.3 is 14.5 Å². The standard InChI is InChI=1S/C19H20F3NO4/c1-11(16(24)23-18(2,3)4)26-17(25)15-9-8-14(27-15)12-6-5-7-13(10-12)19(20,21)22/h5-11H,1-4H3,(H,23,24)/t11-/m0/s1. The lowest BCUT2D eigenvalue weighted by Gasteiger charge is -2.22. The van der Waals surface area contributed by atoms with Crippen molar-refractivity contribution in [2.45, 2.75) is 45.5 Å². The van der Waals surface area contributed by atoms with E-state index >= 15 is 0 Å². The Morgan fingerprint density at radius 1 is 1.11 bits per heavy atom. The number of ether oxygens (including phenoxy) is 1. The number of benzene rings is 1. The molecule has 5 nitrogen and oxygen atoms in total. The average Bonchev–Trinajstić information content (AvgIpc) is 3.02. The van der Waals surface area contributed by atoms with E-state index in [9.17, 15) is 22.8 Å². The van der Waals surface area contributed by atoms with Gasteiger partial charge in [0, 0.05) is 11.1 Å². The zero-order valence-electron chi connectivity index (χ0n) is 15.3. The number of furan rings is 1. The number of halogens is 3. The third kappa shape index (κ3) is 5.60. The van der Waals surface area contributed by atoms with Gasteiger partial charge in [-0.25, -0.2) is 4.79 Å². The molecule has 0 spiro atoms. The third-order valence-corrected chi connectivity index (χ3v) is 3.43. The summed E-state index contributed by atoms with van der Waals surface area (Å²) in [7, 11) is 0. The zero-order valence-corrected chi connectivity index (χ0v) is 15.3. The van der Waals surface area contributed by atoms with Crippen LogP contribution in [0.1, 0.15) is 43.8 Å². The maximum absolute atomic E-state index is 12.8. The van der Waals surface area contributed by atoms with Crippen LogP contribution in [0.5, 0.6) is 0 Å². The molecule has 0 fully saturated rings. The van der Waals surface area contributed by atoms with Crippen molar-refractivity contribution in [3.05, 3.63) is 47.7 Å². The number of alkyl halides is 3. The average molecular weight is 383 g/mol. The largest absolute Gasteiger partial charge is 0.449 e. The van der Waals surface area contributed by atoms with E-state index in [0.29, 0.717) is 0 Å². The van der Waals surface area contributed by atoms with Gasteiger partial charge in [0.2, 0.25) is 5.76 Å². The summed E-state index contributed by atoms with van der Waals surface area (Å²) in [5.74, 6) is -1.48. The fourth-order valence-corrected chi connectivity index (χ4v) is 2.19. The van der Waals surface area contributed by atoms with Gasteiger partial charge in [0.25, 0.3) is 5.91 Å². The summed E-state index contributed by atoms with van der Waals surface area (Å²) in [6.45, 7) is 6.77. The lowest BCUT2D eigenvalue weighted by atomic mass is 10.1. The molecule has 0 saturated carbocycles. The number of esters is 1. The lowest BCUT2D eigenvalue weighted by molar-refractivity contribution is -0.137. The first-order valence-electron chi connectivity index (χ1n) is 8.17. The molecule has 0 unspecified atom stereocenters. The number of nitrogens with one attached hydrogen (secondary N) is 1. The van der Waals surface area contributed by atoms with E-state index in [0.717, 1.165) is 12.1 Å². The first-order chi connectivity index (χ1) is 12.4. The number of amides is 1. The summed E-state index contributed by atoms with van der Waals surface area (Å²) in [5.41, 5.74) is -1.14. The van der Waals surface area contributed by atoms with E-state index in [1.54, 1.807) is 20.8 Å². The van der Waals surface area contributed by atoms with Crippen LogP contribution in [0.25, 0.3) is 11.3 Å². The molecule has 1 aromatic carbocycles. The molecule has 1 N–H and O–H groups in total. The second-order valence-corrected chi connectivity index (χ2v) is 7.03. The van der Waals surface area contributed by atoms with Crippen molar-refractivity contribution in [1.29, 1.82) is 0 Å². The van der Waals surface area contributed by atoms with Gasteiger partial charge >= 0.3 is 12.1 Å². The maximum atomic E-state index is 12.8. The van der Waals surface area contributed by atoms with Crippen molar-refractivity contribution in [2.75, 3.05) is 0 Å². The highest BCUT2D eigenvalue weighted by Gasteiger charge is 2.31. The van der Waals surface area contributed by atoms with E-state index in [1.165, 1.54) is 31.2 Å². The van der Waals surface area contributed by atoms with Crippen LogP contribution in [-0.2, 0) is 15.7 Å². The zero-order chi connectivity index (χ0) is 20.4. The molecule has 1 heterocycles. The van der Waals surface area contributed by atoms with E-state index in [-0.39, 0.29) is 17.1 Å². The van der Waals surface area contributed by atoms with Crippen molar-refractivity contribution in [2.24, 2.45) is 0 Å². The Kier molecular flexibility index (Phi) is 5.67. The van der Waals surface area contributed by atoms with Crippen molar-refractivity contribution >= 4 is 11.9 Å². The number of hydrogen-bond donors (Lipinski definition) is 1. The summed E-state index contributed by atoms with van der Waals surface area (Å²) in [5, 5.41) is 2.67. The molecule has 1 amide bonds. The van der Waals surface area contributed by atoms with Crippen molar-refractivity contribution < 1.29 is 31.9 Å². The normalized spacial score (nSPS) is 13.1. The SMILES string of the molecule is C[C@H](OC(=O)c1ccc(-c2cccc(C(F)(F)F)c2)o1)C(=O)NC(C)(C)C. The van der Waals surface area contributed by atoms with Crippen LogP contribution in [0.4, 0.5) is 13.2 Å². The molecule has 0 aliphatic rings. The third-order valence-electron chi connectivity index (χ3n) is 3.43. The first kappa shape index (κ1) is 20.5. The first-order valence-corrected chi connectivity index (χ1v) is 8.17. The number of carbonyl (C=O) groups is 2. The van der Waals surface area contributed by atoms with Gasteiger partial charge in [-0.1, -0.05) is 12.1 Å². The second kappa shape index (κ2) is 7.46. The van der Waals surface area contributed by atoms with Gasteiger partial charge in [0.1, 0.15) is 5.76 Å². The van der Waals surface area contributed by atoms with E-state index in [2.05, 4.69) is 5.32 Å². The summed E-state index contributed by atoms with van der Waals surface area (Å²) in [6, 6.07) is 7.20. The molecule has 2 rings (SSSR count). The molecule has 1 aromatic heterocycles. The highest BCUT2D eigenvalue weighted by atomic mass is 19.4. The Balaban J connectivity index is 2.11. The summed E-state index contributed by atoms with van der Waals surface area (Å²) >= 11 is 0. The monoisotopic (exact) mass is 383 g/mol. The van der Waals surface area contributed by atoms with E-state index in [1.807, 2.05) is 0 Å². The van der Waals surface area contributed by atoms with E-state index < -0.39 is 35.3 Å². The van der Waals surface area contributed by atoms with Gasteiger partial charge in [-0.05, 0) is 52.0 Å². The molecule has 0 aliphatic heterocycles. The minimum absolute atomic E-state index is 0.0832. The Morgan fingerprint density at radius 2 is 1.78 bits per heavy atom. The van der Waals surface area contributed by atoms with Crippen LogP contribution in [0.15, 0.2) is 40.8 Å². The number of carbonyl (C=O) groups excluding carboxylic acids is 2. The maximum Gasteiger partial charge on any atom is 0.416 e. The number of hydrogen-bond acceptors (Lipinski definition) is 4. The van der Waals surface area contributed by atoms with Gasteiger partial charge in [-0.3, -0.25) is 4.79 Å². The smallest absolute Gasteiger partial charge is 0.416 e. The number of rotatable bonds is 4. The highest BCUT2D eigenvalue weighted by Crippen LogP contribution is 2.32. The quantitative estimate of drug-likeness (QED) is 0.794. The van der Waals surface area contributed by atoms with E-state index in [4.69, 9.17) is 9.15 Å². The predicted octanol–water partition coefficient (Wildman–Crippen LogP) is 4.43.